The maximum absolute atomic E-state index is 13.3. The van der Waals surface area contributed by atoms with Gasteiger partial charge in [-0.25, -0.2) is 9.20 Å². The molecule has 1 atom stereocenters. The monoisotopic (exact) mass is 449 g/mol. The van der Waals surface area contributed by atoms with E-state index < -0.39 is 0 Å². The minimum absolute atomic E-state index is 0.0726. The van der Waals surface area contributed by atoms with Gasteiger partial charge in [0.2, 0.25) is 11.9 Å². The molecule has 3 aromatic heterocycles. The highest BCUT2D eigenvalue weighted by atomic mass is 16.2. The lowest BCUT2D eigenvalue weighted by molar-refractivity contribution is -0.132. The van der Waals surface area contributed by atoms with Gasteiger partial charge in [0.15, 0.2) is 0 Å². The van der Waals surface area contributed by atoms with Crippen molar-refractivity contribution in [2.45, 2.75) is 45.1 Å². The molecule has 3 aliphatic rings. The number of hydrogen-bond acceptors (Lipinski definition) is 5. The number of amides is 2. The Balaban J connectivity index is 1.16. The SMILES string of the molecule is Cc1c(C(=O)N2CCC3(CC2)CC3C(=O)N(C)C2CC2)cnn1-c1nn2cccc2c(=O)[nH]1. The fourth-order valence-corrected chi connectivity index (χ4v) is 5.32. The van der Waals surface area contributed by atoms with Crippen molar-refractivity contribution in [3.8, 4) is 5.95 Å². The molecule has 1 spiro atoms. The molecule has 2 aliphatic carbocycles. The van der Waals surface area contributed by atoms with Crippen molar-refractivity contribution >= 4 is 17.3 Å². The molecular formula is C23H27N7O3. The number of likely N-dealkylation sites (tertiary alicyclic amines) is 1. The van der Waals surface area contributed by atoms with Gasteiger partial charge in [-0.3, -0.25) is 19.4 Å². The van der Waals surface area contributed by atoms with Gasteiger partial charge >= 0.3 is 0 Å². The topological polar surface area (TPSA) is 109 Å². The van der Waals surface area contributed by atoms with Crippen molar-refractivity contribution in [1.29, 1.82) is 0 Å². The summed E-state index contributed by atoms with van der Waals surface area (Å²) in [7, 11) is 1.93. The van der Waals surface area contributed by atoms with Crippen molar-refractivity contribution in [1.82, 2.24) is 34.2 Å². The summed E-state index contributed by atoms with van der Waals surface area (Å²) in [5, 5.41) is 8.72. The first-order chi connectivity index (χ1) is 15.9. The average Bonchev–Trinajstić information content (AvgIpc) is 3.68. The van der Waals surface area contributed by atoms with Crippen LogP contribution in [-0.4, -0.2) is 72.2 Å². The van der Waals surface area contributed by atoms with Gasteiger partial charge in [-0.1, -0.05) is 0 Å². The number of aromatic amines is 1. The van der Waals surface area contributed by atoms with Crippen LogP contribution in [0.2, 0.25) is 0 Å². The van der Waals surface area contributed by atoms with Crippen molar-refractivity contribution < 1.29 is 9.59 Å². The number of aromatic nitrogens is 5. The number of piperidine rings is 1. The van der Waals surface area contributed by atoms with Gasteiger partial charge in [-0.05, 0) is 56.6 Å². The van der Waals surface area contributed by atoms with Gasteiger partial charge in [0.05, 0.1) is 17.5 Å². The quantitative estimate of drug-likeness (QED) is 0.647. The number of hydrogen-bond donors (Lipinski definition) is 1. The first kappa shape index (κ1) is 20.2. The zero-order valence-corrected chi connectivity index (χ0v) is 18.8. The van der Waals surface area contributed by atoms with E-state index in [1.54, 1.807) is 25.3 Å². The molecule has 2 saturated carbocycles. The molecule has 3 aromatic rings. The molecule has 33 heavy (non-hydrogen) atoms. The van der Waals surface area contributed by atoms with E-state index in [0.717, 1.165) is 32.1 Å². The molecule has 1 saturated heterocycles. The summed E-state index contributed by atoms with van der Waals surface area (Å²) >= 11 is 0. The summed E-state index contributed by atoms with van der Waals surface area (Å²) in [6, 6.07) is 3.88. The van der Waals surface area contributed by atoms with Crippen LogP contribution in [0.4, 0.5) is 0 Å². The third-order valence-electron chi connectivity index (χ3n) is 7.81. The Hall–Kier alpha value is -3.43. The van der Waals surface area contributed by atoms with Gasteiger partial charge in [-0.2, -0.15) is 5.10 Å². The molecule has 172 valence electrons. The van der Waals surface area contributed by atoms with Crippen LogP contribution >= 0.6 is 0 Å². The highest BCUT2D eigenvalue weighted by Crippen LogP contribution is 2.60. The van der Waals surface area contributed by atoms with Gasteiger partial charge in [-0.15, -0.1) is 5.10 Å². The first-order valence-electron chi connectivity index (χ1n) is 11.6. The Bertz CT molecular complexity index is 1320. The van der Waals surface area contributed by atoms with Crippen LogP contribution in [0.5, 0.6) is 0 Å². The molecule has 6 rings (SSSR count). The van der Waals surface area contributed by atoms with E-state index >= 15 is 0 Å². The highest BCUT2D eigenvalue weighted by molar-refractivity contribution is 5.95. The maximum atomic E-state index is 13.3. The van der Waals surface area contributed by atoms with Crippen LogP contribution in [0.15, 0.2) is 29.3 Å². The van der Waals surface area contributed by atoms with Crippen LogP contribution in [0.25, 0.3) is 11.5 Å². The molecule has 1 aliphatic heterocycles. The Morgan fingerprint density at radius 2 is 2.00 bits per heavy atom. The molecule has 3 fully saturated rings. The van der Waals surface area contributed by atoms with E-state index in [9.17, 15) is 14.4 Å². The van der Waals surface area contributed by atoms with Crippen molar-refractivity contribution in [3.05, 3.63) is 46.1 Å². The largest absolute Gasteiger partial charge is 0.343 e. The first-order valence-corrected chi connectivity index (χ1v) is 11.6. The van der Waals surface area contributed by atoms with E-state index in [4.69, 9.17) is 0 Å². The number of fused-ring (bicyclic) bond motifs is 1. The molecule has 1 N–H and O–H groups in total. The molecule has 10 nitrogen and oxygen atoms in total. The lowest BCUT2D eigenvalue weighted by Crippen LogP contribution is -2.41. The van der Waals surface area contributed by atoms with Gasteiger partial charge in [0.25, 0.3) is 11.5 Å². The number of nitrogens with one attached hydrogen (secondary N) is 1. The summed E-state index contributed by atoms with van der Waals surface area (Å²) in [6.45, 7) is 3.09. The summed E-state index contributed by atoms with van der Waals surface area (Å²) in [4.78, 5) is 44.9. The van der Waals surface area contributed by atoms with Gasteiger partial charge in [0.1, 0.15) is 5.52 Å². The van der Waals surface area contributed by atoms with Crippen LogP contribution in [-0.2, 0) is 4.79 Å². The van der Waals surface area contributed by atoms with Crippen LogP contribution < -0.4 is 5.56 Å². The van der Waals surface area contributed by atoms with E-state index in [1.165, 1.54) is 15.4 Å². The highest BCUT2D eigenvalue weighted by Gasteiger charge is 2.60. The van der Waals surface area contributed by atoms with Gasteiger partial charge in [0, 0.05) is 38.3 Å². The lowest BCUT2D eigenvalue weighted by atomic mass is 9.90. The fraction of sp³-hybridized carbons (Fsp3) is 0.522. The minimum atomic E-state index is -0.269. The van der Waals surface area contributed by atoms with Crippen LogP contribution in [0, 0.1) is 18.3 Å². The van der Waals surface area contributed by atoms with E-state index in [1.807, 2.05) is 16.8 Å². The summed E-state index contributed by atoms with van der Waals surface area (Å²) in [6.07, 6.45) is 8.15. The number of H-pyrrole nitrogens is 1. The summed E-state index contributed by atoms with van der Waals surface area (Å²) in [5.41, 5.74) is 1.38. The van der Waals surface area contributed by atoms with Crippen LogP contribution in [0.3, 0.4) is 0 Å². The normalized spacial score (nSPS) is 21.5. The molecule has 0 radical (unpaired) electrons. The van der Waals surface area contributed by atoms with Crippen molar-refractivity contribution in [2.75, 3.05) is 20.1 Å². The summed E-state index contributed by atoms with van der Waals surface area (Å²) < 4.78 is 2.98. The molecule has 0 bridgehead atoms. The third-order valence-corrected chi connectivity index (χ3v) is 7.81. The summed E-state index contributed by atoms with van der Waals surface area (Å²) in [5.74, 6) is 0.598. The third kappa shape index (κ3) is 3.19. The average molecular weight is 450 g/mol. The lowest BCUT2D eigenvalue weighted by Gasteiger charge is -2.33. The predicted molar refractivity (Wildman–Crippen MR) is 119 cm³/mol. The van der Waals surface area contributed by atoms with Crippen molar-refractivity contribution in [2.24, 2.45) is 11.3 Å². The molecule has 0 aromatic carbocycles. The smallest absolute Gasteiger partial charge is 0.276 e. The molecule has 1 unspecified atom stereocenters. The standard InChI is InChI=1S/C23H27N7O3/c1-14-16(13-24-30(14)22-25-19(31)18-4-3-9-29(18)26-22)20(32)28-10-7-23(8-11-28)12-17(23)21(33)27(2)15-5-6-15/h3-4,9,13,15,17H,5-8,10-12H2,1-2H3,(H,25,26,31). The second kappa shape index (κ2) is 7.03. The zero-order valence-electron chi connectivity index (χ0n) is 18.8. The van der Waals surface area contributed by atoms with Gasteiger partial charge < -0.3 is 9.80 Å². The van der Waals surface area contributed by atoms with E-state index in [0.29, 0.717) is 35.9 Å². The molecular weight excluding hydrogens is 422 g/mol. The second-order valence-electron chi connectivity index (χ2n) is 9.76. The Kier molecular flexibility index (Phi) is 4.30. The Morgan fingerprint density at radius 1 is 1.24 bits per heavy atom. The predicted octanol–water partition coefficient (Wildman–Crippen LogP) is 1.38. The minimum Gasteiger partial charge on any atom is -0.343 e. The molecule has 10 heteroatoms. The Labute approximate surface area is 190 Å². The van der Waals surface area contributed by atoms with E-state index in [-0.39, 0.29) is 34.7 Å². The zero-order chi connectivity index (χ0) is 22.9. The number of rotatable bonds is 4. The maximum Gasteiger partial charge on any atom is 0.276 e. The Morgan fingerprint density at radius 3 is 2.73 bits per heavy atom. The number of carbonyl (C=O) groups excluding carboxylic acids is 2. The van der Waals surface area contributed by atoms with Crippen molar-refractivity contribution in [3.63, 3.8) is 0 Å². The molecule has 2 amide bonds. The molecule has 4 heterocycles. The fourth-order valence-electron chi connectivity index (χ4n) is 5.32. The second-order valence-corrected chi connectivity index (χ2v) is 9.76. The number of carbonyl (C=O) groups is 2. The number of nitrogens with zero attached hydrogens (tertiary/aromatic N) is 6. The van der Waals surface area contributed by atoms with E-state index in [2.05, 4.69) is 15.2 Å². The van der Waals surface area contributed by atoms with Crippen LogP contribution in [0.1, 0.15) is 48.2 Å².